The van der Waals surface area contributed by atoms with Crippen molar-refractivity contribution in [2.75, 3.05) is 0 Å². The molecule has 0 aliphatic rings. The van der Waals surface area contributed by atoms with Crippen LogP contribution in [0.2, 0.25) is 0 Å². The van der Waals surface area contributed by atoms with Gasteiger partial charge in [0.05, 0.1) is 12.4 Å². The number of carboxylic acid groups (broad SMARTS) is 5. The van der Waals surface area contributed by atoms with E-state index in [1.165, 1.54) is 0 Å². The van der Waals surface area contributed by atoms with Gasteiger partial charge in [-0.2, -0.15) is 0 Å². The number of aliphatic carboxylic acids is 5. The van der Waals surface area contributed by atoms with Crippen LogP contribution < -0.4 is 139 Å². The molecule has 0 spiro atoms. The molecule has 2 N–H and O–H groups in total. The van der Waals surface area contributed by atoms with E-state index in [-0.39, 0.29) is 118 Å². The number of rotatable bonds is 11. The van der Waals surface area contributed by atoms with Crippen molar-refractivity contribution < 1.29 is 182 Å². The number of carbonyl (C=O) groups excluding carboxylic acids is 5. The van der Waals surface area contributed by atoms with Crippen LogP contribution in [-0.4, -0.2) is 57.2 Å². The Hall–Kier alpha value is 0.780. The molecule has 0 radical (unpaired) electrons. The first-order valence-electron chi connectivity index (χ1n) is 6.23. The Bertz CT molecular complexity index is 589. The largest absolute Gasteiger partial charge is 1.00 e. The molecule has 0 saturated carbocycles. The molecule has 13 nitrogen and oxygen atoms in total. The minimum Gasteiger partial charge on any atom is -0.550 e. The van der Waals surface area contributed by atoms with Gasteiger partial charge in [-0.15, -0.1) is 0 Å². The zero-order valence-corrected chi connectivity index (χ0v) is 24.2. The Labute approximate surface area is 251 Å². The van der Waals surface area contributed by atoms with Crippen LogP contribution in [0.3, 0.4) is 0 Å². The number of carbonyl (C=O) groups is 6. The molecule has 0 bridgehead atoms. The van der Waals surface area contributed by atoms with E-state index in [0.717, 1.165) is 0 Å². The number of aliphatic hydroxyl groups is 1. The molecular weight excluding hydrogens is 444 g/mol. The third-order valence-corrected chi connectivity index (χ3v) is 2.78. The first kappa shape index (κ1) is 40.2. The van der Waals surface area contributed by atoms with Gasteiger partial charge in [0.2, 0.25) is 0 Å². The van der Waals surface area contributed by atoms with Gasteiger partial charge < -0.3 is 54.6 Å². The maximum absolute atomic E-state index is 11.9. The minimum atomic E-state index is -3.44. The first-order valence-corrected chi connectivity index (χ1v) is 6.23. The molecule has 29 heavy (non-hydrogen) atoms. The van der Waals surface area contributed by atoms with E-state index in [1.54, 1.807) is 0 Å². The molecule has 0 rings (SSSR count). The van der Waals surface area contributed by atoms with Gasteiger partial charge >= 0.3 is 130 Å². The van der Waals surface area contributed by atoms with Crippen LogP contribution in [0.15, 0.2) is 0 Å². The molecule has 0 saturated heterocycles. The fourth-order valence-corrected chi connectivity index (χ4v) is 1.76. The summed E-state index contributed by atoms with van der Waals surface area (Å²) in [4.78, 5) is 65.4. The second-order valence-electron chi connectivity index (χ2n) is 4.92. The Morgan fingerprint density at radius 3 is 1.28 bits per heavy atom. The molecule has 0 aromatic rings. The average molecular weight is 454 g/mol. The summed E-state index contributed by atoms with van der Waals surface area (Å²) >= 11 is 0. The van der Waals surface area contributed by atoms with Crippen molar-refractivity contribution in [3.63, 3.8) is 0 Å². The smallest absolute Gasteiger partial charge is 0.550 e. The molecule has 1 unspecified atom stereocenters. The van der Waals surface area contributed by atoms with Crippen LogP contribution in [-0.2, 0) is 33.5 Å². The summed E-state index contributed by atoms with van der Waals surface area (Å²) in [6, 6.07) is 0. The second kappa shape index (κ2) is 17.3. The van der Waals surface area contributed by atoms with Crippen molar-refractivity contribution >= 4 is 35.8 Å². The van der Waals surface area contributed by atoms with E-state index in [1.807, 2.05) is 0 Å². The van der Waals surface area contributed by atoms with Gasteiger partial charge in [-0.05, 0) is 0 Å². The van der Waals surface area contributed by atoms with E-state index in [4.69, 9.17) is 5.11 Å². The quantitative estimate of drug-likeness (QED) is 0.218. The third-order valence-electron chi connectivity index (χ3n) is 2.78. The van der Waals surface area contributed by atoms with Crippen molar-refractivity contribution in [1.82, 2.24) is 0 Å². The fraction of sp³-hybridized carbons (Fsp3) is 0.500. The molecule has 0 aliphatic carbocycles. The summed E-state index contributed by atoms with van der Waals surface area (Å²) in [7, 11) is 0. The topological polar surface area (TPSA) is 244 Å². The summed E-state index contributed by atoms with van der Waals surface area (Å²) in [5.74, 6) is -13.2. The summed E-state index contributed by atoms with van der Waals surface area (Å²) in [5.41, 5.74) is -6.81. The van der Waals surface area contributed by atoms with E-state index in [9.17, 15) is 54.3 Å². The summed E-state index contributed by atoms with van der Waals surface area (Å²) in [6.07, 6.45) is -6.79. The number of ether oxygens (including phenoxy) is 1. The summed E-state index contributed by atoms with van der Waals surface area (Å²) < 4.78 is 4.14. The van der Waals surface area contributed by atoms with Gasteiger partial charge in [0.15, 0.2) is 11.2 Å². The number of esters is 1. The Balaban J connectivity index is -0.000000480. The fourth-order valence-electron chi connectivity index (χ4n) is 1.76. The van der Waals surface area contributed by atoms with Crippen molar-refractivity contribution in [1.29, 1.82) is 0 Å². The van der Waals surface area contributed by atoms with Crippen LogP contribution >= 0.6 is 0 Å². The van der Waals surface area contributed by atoms with Crippen LogP contribution in [0.4, 0.5) is 0 Å². The zero-order valence-electron chi connectivity index (χ0n) is 16.2. The molecule has 0 fully saturated rings. The molecule has 0 heterocycles. The minimum absolute atomic E-state index is 0. The molecule has 0 aliphatic heterocycles. The molecule has 17 heteroatoms. The van der Waals surface area contributed by atoms with E-state index >= 15 is 0 Å². The van der Waals surface area contributed by atoms with Gasteiger partial charge in [-0.25, -0.2) is 4.79 Å². The first-order chi connectivity index (χ1) is 11.2. The molecule has 1 atom stereocenters. The SMILES string of the molecule is O=C([O-])CC(O)(CC(=O)O)C(=O)OC(CC(=O)[O-])(CC(=O)[O-])C(=O)[O-].[Na+].[Na+].[Na+].[Na+]. The molecule has 0 aromatic heterocycles. The van der Waals surface area contributed by atoms with Crippen molar-refractivity contribution in [3.05, 3.63) is 0 Å². The Morgan fingerprint density at radius 2 is 1.03 bits per heavy atom. The standard InChI is InChI=1S/C12H14O13.4Na/c13-5(14)1-11(24,2-6(15)16)10(23)25-12(9(21)22,3-7(17)18)4-8(19)20;;;;/h24H,1-4H2,(H,13,14)(H,15,16)(H,17,18)(H,19,20)(H,21,22);;;;/q;4*+1/p-4. The zero-order chi connectivity index (χ0) is 20.0. The number of carboxylic acids is 5. The maximum Gasteiger partial charge on any atom is 1.00 e. The van der Waals surface area contributed by atoms with Crippen molar-refractivity contribution in [3.8, 4) is 0 Å². The van der Waals surface area contributed by atoms with Crippen LogP contribution in [0, 0.1) is 0 Å². The number of hydrogen-bond donors (Lipinski definition) is 2. The van der Waals surface area contributed by atoms with Gasteiger partial charge in [0, 0.05) is 37.2 Å². The average Bonchev–Trinajstić information content (AvgIpc) is 2.34. The van der Waals surface area contributed by atoms with E-state index in [2.05, 4.69) is 4.74 Å². The predicted octanol–water partition coefficient (Wildman–Crippen LogP) is -19.3. The predicted molar refractivity (Wildman–Crippen MR) is 59.9 cm³/mol. The monoisotopic (exact) mass is 454 g/mol. The molecular formula is C12H10Na4O13. The molecule has 140 valence electrons. The van der Waals surface area contributed by atoms with Gasteiger partial charge in [-0.1, -0.05) is 0 Å². The van der Waals surface area contributed by atoms with E-state index < -0.39 is 72.7 Å². The second-order valence-corrected chi connectivity index (χ2v) is 4.92. The number of hydrogen-bond acceptors (Lipinski definition) is 12. The molecule has 0 aromatic carbocycles. The van der Waals surface area contributed by atoms with Crippen molar-refractivity contribution in [2.45, 2.75) is 36.9 Å². The van der Waals surface area contributed by atoms with Crippen molar-refractivity contribution in [2.24, 2.45) is 0 Å². The van der Waals surface area contributed by atoms with Crippen LogP contribution in [0.5, 0.6) is 0 Å². The van der Waals surface area contributed by atoms with Crippen LogP contribution in [0.25, 0.3) is 0 Å². The maximum atomic E-state index is 11.9. The Kier molecular flexibility index (Phi) is 24.0. The Morgan fingerprint density at radius 1 is 0.690 bits per heavy atom. The third kappa shape index (κ3) is 14.5. The van der Waals surface area contributed by atoms with Gasteiger partial charge in [0.1, 0.15) is 0 Å². The summed E-state index contributed by atoms with van der Waals surface area (Å²) in [5, 5.41) is 61.3. The van der Waals surface area contributed by atoms with Gasteiger partial charge in [0.25, 0.3) is 0 Å². The van der Waals surface area contributed by atoms with Crippen LogP contribution in [0.1, 0.15) is 25.7 Å². The molecule has 0 amide bonds. The normalized spacial score (nSPS) is 11.5. The van der Waals surface area contributed by atoms with E-state index in [0.29, 0.717) is 0 Å². The summed E-state index contributed by atoms with van der Waals surface area (Å²) in [6.45, 7) is 0. The van der Waals surface area contributed by atoms with Gasteiger partial charge in [-0.3, -0.25) is 4.79 Å².